The van der Waals surface area contributed by atoms with E-state index in [1.54, 1.807) is 6.07 Å². The zero-order valence-corrected chi connectivity index (χ0v) is 20.1. The number of guanidine groups is 1. The Kier molecular flexibility index (Phi) is 5.99. The van der Waals surface area contributed by atoms with Crippen LogP contribution >= 0.6 is 0 Å². The van der Waals surface area contributed by atoms with E-state index < -0.39 is 55.2 Å². The standard InChI is InChI=1S/C25H20F6N6O2/c26-17-1-2-18-13(3-4-39-18)15(17)7-33-24-34-8-16-14-6-32-19(25(29,30)31)5-12(14)9-36(10-20(27)28)23(38)21-22(16)37(24)11-35-21/h1-2,5-6,8,11,20-22H,3-4,7,9-10H2,(H,33,34). The molecule has 0 radical (unpaired) electrons. The maximum absolute atomic E-state index is 14.6. The van der Waals surface area contributed by atoms with Crippen molar-refractivity contribution in [3.05, 3.63) is 64.4 Å². The lowest BCUT2D eigenvalue weighted by atomic mass is 9.88. The second-order valence-electron chi connectivity index (χ2n) is 9.38. The summed E-state index contributed by atoms with van der Waals surface area (Å²) in [5.74, 6) is -0.416. The number of nitrogens with one attached hydrogen (secondary N) is 1. The number of amides is 1. The molecule has 2 aromatic rings. The normalized spacial score (nSPS) is 22.7. The van der Waals surface area contributed by atoms with Crippen molar-refractivity contribution in [1.82, 2.24) is 20.1 Å². The van der Waals surface area contributed by atoms with Crippen LogP contribution in [0.15, 0.2) is 40.6 Å². The highest BCUT2D eigenvalue weighted by Crippen LogP contribution is 2.38. The Hall–Kier alpha value is -4.10. The van der Waals surface area contributed by atoms with Crippen LogP contribution in [0.5, 0.6) is 5.75 Å². The van der Waals surface area contributed by atoms with E-state index in [4.69, 9.17) is 4.74 Å². The van der Waals surface area contributed by atoms with Gasteiger partial charge in [-0.1, -0.05) is 0 Å². The topological polar surface area (TPSA) is 82.4 Å². The zero-order valence-electron chi connectivity index (χ0n) is 20.1. The van der Waals surface area contributed by atoms with Crippen LogP contribution in [0.25, 0.3) is 5.57 Å². The van der Waals surface area contributed by atoms with Gasteiger partial charge >= 0.3 is 6.18 Å². The number of alkyl halides is 5. The second kappa shape index (κ2) is 9.27. The van der Waals surface area contributed by atoms with Crippen molar-refractivity contribution in [3.8, 4) is 5.75 Å². The molecule has 1 aromatic heterocycles. The number of rotatable bonds is 4. The number of halogens is 6. The SMILES string of the molecule is O=C1C2N=CN3C(=NCc4c(F)ccc5c4CCO5)NC=C(c4cnc(C(F)(F)F)cc4CN1CC(F)F)C23. The first-order valence-corrected chi connectivity index (χ1v) is 12.0. The molecular formula is C25H20F6N6O2. The number of nitrogens with zero attached hydrogens (tertiary/aromatic N) is 5. The van der Waals surface area contributed by atoms with E-state index >= 15 is 0 Å². The Morgan fingerprint density at radius 2 is 2.08 bits per heavy atom. The molecule has 6 rings (SSSR count). The highest BCUT2D eigenvalue weighted by molar-refractivity contribution is 6.03. The highest BCUT2D eigenvalue weighted by atomic mass is 19.4. The van der Waals surface area contributed by atoms with Crippen molar-refractivity contribution in [1.29, 1.82) is 0 Å². The molecule has 0 bridgehead atoms. The van der Waals surface area contributed by atoms with E-state index in [0.717, 1.165) is 17.2 Å². The molecule has 0 spiro atoms. The predicted octanol–water partition coefficient (Wildman–Crippen LogP) is 3.36. The van der Waals surface area contributed by atoms with Gasteiger partial charge in [-0.3, -0.25) is 19.7 Å². The molecule has 2 atom stereocenters. The fourth-order valence-corrected chi connectivity index (χ4v) is 5.30. The molecule has 5 heterocycles. The summed E-state index contributed by atoms with van der Waals surface area (Å²) in [5.41, 5.74) is 0.549. The number of hydrogen-bond acceptors (Lipinski definition) is 5. The van der Waals surface area contributed by atoms with Gasteiger partial charge in [0.25, 0.3) is 6.43 Å². The summed E-state index contributed by atoms with van der Waals surface area (Å²) in [7, 11) is 0. The number of aliphatic imine (C=N–C) groups is 2. The second-order valence-corrected chi connectivity index (χ2v) is 9.38. The van der Waals surface area contributed by atoms with Crippen LogP contribution in [0.1, 0.15) is 27.9 Å². The van der Waals surface area contributed by atoms with Crippen molar-refractivity contribution in [2.24, 2.45) is 9.98 Å². The van der Waals surface area contributed by atoms with E-state index in [-0.39, 0.29) is 23.6 Å². The van der Waals surface area contributed by atoms with Gasteiger partial charge in [-0.2, -0.15) is 13.2 Å². The van der Waals surface area contributed by atoms with Crippen LogP contribution in [-0.4, -0.2) is 64.6 Å². The summed E-state index contributed by atoms with van der Waals surface area (Å²) in [4.78, 5) is 28.0. The molecule has 204 valence electrons. The van der Waals surface area contributed by atoms with Gasteiger partial charge in [0, 0.05) is 47.6 Å². The fourth-order valence-electron chi connectivity index (χ4n) is 5.30. The monoisotopic (exact) mass is 550 g/mol. The van der Waals surface area contributed by atoms with Crippen LogP contribution in [0.3, 0.4) is 0 Å². The van der Waals surface area contributed by atoms with Gasteiger partial charge in [0.1, 0.15) is 17.3 Å². The molecule has 4 aliphatic heterocycles. The Morgan fingerprint density at radius 1 is 1.26 bits per heavy atom. The zero-order chi connectivity index (χ0) is 27.5. The van der Waals surface area contributed by atoms with E-state index in [1.165, 1.54) is 23.5 Å². The smallest absolute Gasteiger partial charge is 0.433 e. The summed E-state index contributed by atoms with van der Waals surface area (Å²) < 4.78 is 87.1. The summed E-state index contributed by atoms with van der Waals surface area (Å²) in [6.07, 6.45) is -3.31. The Balaban J connectivity index is 1.41. The summed E-state index contributed by atoms with van der Waals surface area (Å²) >= 11 is 0. The van der Waals surface area contributed by atoms with E-state index in [0.29, 0.717) is 35.5 Å². The number of aromatic nitrogens is 1. The third kappa shape index (κ3) is 4.36. The fraction of sp³-hybridized carbons (Fsp3) is 0.360. The Labute approximate surface area is 217 Å². The lowest BCUT2D eigenvalue weighted by molar-refractivity contribution is -0.141. The minimum atomic E-state index is -4.77. The minimum absolute atomic E-state index is 0.0204. The molecule has 0 saturated carbocycles. The van der Waals surface area contributed by atoms with Gasteiger partial charge < -0.3 is 15.0 Å². The molecule has 8 nitrogen and oxygen atoms in total. The van der Waals surface area contributed by atoms with Crippen molar-refractivity contribution in [3.63, 3.8) is 0 Å². The van der Waals surface area contributed by atoms with Crippen molar-refractivity contribution < 1.29 is 35.9 Å². The van der Waals surface area contributed by atoms with Gasteiger partial charge in [0.15, 0.2) is 6.04 Å². The number of hydrogen-bond donors (Lipinski definition) is 1. The maximum atomic E-state index is 14.6. The molecule has 0 fully saturated rings. The lowest BCUT2D eigenvalue weighted by Crippen LogP contribution is -2.55. The number of ether oxygens (including phenoxy) is 1. The molecule has 14 heteroatoms. The largest absolute Gasteiger partial charge is 0.493 e. The van der Waals surface area contributed by atoms with Crippen LogP contribution in [0, 0.1) is 5.82 Å². The molecule has 1 amide bonds. The third-order valence-corrected chi connectivity index (χ3v) is 7.07. The van der Waals surface area contributed by atoms with E-state index in [2.05, 4.69) is 20.3 Å². The molecule has 0 aliphatic carbocycles. The number of benzene rings is 1. The van der Waals surface area contributed by atoms with Crippen molar-refractivity contribution >= 4 is 23.8 Å². The molecule has 39 heavy (non-hydrogen) atoms. The van der Waals surface area contributed by atoms with Crippen LogP contribution in [-0.2, 0) is 30.5 Å². The average molecular weight is 550 g/mol. The minimum Gasteiger partial charge on any atom is -0.493 e. The Bertz CT molecular complexity index is 1440. The van der Waals surface area contributed by atoms with E-state index in [9.17, 15) is 31.1 Å². The van der Waals surface area contributed by atoms with Crippen LogP contribution < -0.4 is 10.1 Å². The quantitative estimate of drug-likeness (QED) is 0.591. The van der Waals surface area contributed by atoms with Gasteiger partial charge in [0.2, 0.25) is 11.9 Å². The third-order valence-electron chi connectivity index (χ3n) is 7.07. The molecule has 1 N–H and O–H groups in total. The summed E-state index contributed by atoms with van der Waals surface area (Å²) in [5, 5.41) is 2.97. The first-order chi connectivity index (χ1) is 18.6. The number of carbonyl (C=O) groups is 1. The van der Waals surface area contributed by atoms with Gasteiger partial charge in [-0.05, 0) is 23.8 Å². The number of fused-ring (bicyclic) bond motifs is 3. The van der Waals surface area contributed by atoms with Crippen LogP contribution in [0.4, 0.5) is 26.3 Å². The maximum Gasteiger partial charge on any atom is 0.433 e. The molecular weight excluding hydrogens is 530 g/mol. The van der Waals surface area contributed by atoms with Crippen LogP contribution in [0.2, 0.25) is 0 Å². The number of pyridine rings is 1. The predicted molar refractivity (Wildman–Crippen MR) is 126 cm³/mol. The average Bonchev–Trinajstić information content (AvgIpc) is 3.54. The summed E-state index contributed by atoms with van der Waals surface area (Å²) in [6.45, 7) is -1.08. The Morgan fingerprint density at radius 3 is 2.85 bits per heavy atom. The van der Waals surface area contributed by atoms with Crippen molar-refractivity contribution in [2.45, 2.75) is 44.2 Å². The molecule has 0 saturated heterocycles. The van der Waals surface area contributed by atoms with Gasteiger partial charge in [-0.15, -0.1) is 0 Å². The van der Waals surface area contributed by atoms with Gasteiger partial charge in [-0.25, -0.2) is 18.2 Å². The van der Waals surface area contributed by atoms with E-state index in [1.807, 2.05) is 0 Å². The summed E-state index contributed by atoms with van der Waals surface area (Å²) in [6, 6.07) is 1.59. The first-order valence-electron chi connectivity index (χ1n) is 12.0. The molecule has 4 aliphatic rings. The van der Waals surface area contributed by atoms with Crippen molar-refractivity contribution in [2.75, 3.05) is 13.2 Å². The number of carbonyl (C=O) groups excluding carboxylic acids is 1. The highest BCUT2D eigenvalue weighted by Gasteiger charge is 2.47. The first kappa shape index (κ1) is 25.2. The molecule has 1 aromatic carbocycles. The van der Waals surface area contributed by atoms with Gasteiger partial charge in [0.05, 0.1) is 32.1 Å². The molecule has 2 unspecified atom stereocenters. The lowest BCUT2D eigenvalue weighted by Gasteiger charge is -2.38.